The van der Waals surface area contributed by atoms with Crippen molar-refractivity contribution in [3.05, 3.63) is 167 Å². The van der Waals surface area contributed by atoms with Crippen LogP contribution in [-0.2, 0) is 10.8 Å². The molecule has 6 aromatic carbocycles. The molecule has 6 aromatic rings. The topological polar surface area (TPSA) is 54.1 Å². The van der Waals surface area contributed by atoms with E-state index in [-0.39, 0.29) is 10.8 Å². The summed E-state index contributed by atoms with van der Waals surface area (Å²) in [5.41, 5.74) is 13.6. The van der Waals surface area contributed by atoms with Crippen molar-refractivity contribution in [2.45, 2.75) is 38.5 Å². The Labute approximate surface area is 282 Å². The summed E-state index contributed by atoms with van der Waals surface area (Å²) in [4.78, 5) is 4.54. The Kier molecular flexibility index (Phi) is 6.55. The van der Waals surface area contributed by atoms with Gasteiger partial charge in [-0.3, -0.25) is 0 Å². The summed E-state index contributed by atoms with van der Waals surface area (Å²) in [6, 6.07) is 51.0. The standard InChI is InChI=1S/C44H34N4/c1-43(2)35-13-5-9-17-39(35)47(40-18-10-6-14-36(40)43)33-23-29(27-45)21-31(25-33)32-22-30(28-46)24-34(26-32)48-41-19-11-7-15-37(41)44(3,4)38-16-8-12-20-42(38)48/h5-26H,1-4H3. The zero-order valence-corrected chi connectivity index (χ0v) is 27.5. The van der Waals surface area contributed by atoms with Gasteiger partial charge in [-0.1, -0.05) is 100 Å². The quantitative estimate of drug-likeness (QED) is 0.198. The van der Waals surface area contributed by atoms with Gasteiger partial charge in [0.25, 0.3) is 0 Å². The molecule has 8 rings (SSSR count). The molecule has 4 nitrogen and oxygen atoms in total. The first-order chi connectivity index (χ1) is 23.2. The van der Waals surface area contributed by atoms with E-state index in [0.29, 0.717) is 11.1 Å². The molecule has 0 fully saturated rings. The van der Waals surface area contributed by atoms with E-state index in [4.69, 9.17) is 0 Å². The number of anilines is 6. The van der Waals surface area contributed by atoms with Gasteiger partial charge in [0.15, 0.2) is 0 Å². The largest absolute Gasteiger partial charge is 0.310 e. The van der Waals surface area contributed by atoms with Gasteiger partial charge in [-0.25, -0.2) is 0 Å². The zero-order valence-electron chi connectivity index (χ0n) is 27.5. The average molecular weight is 619 g/mol. The summed E-state index contributed by atoms with van der Waals surface area (Å²) in [7, 11) is 0. The summed E-state index contributed by atoms with van der Waals surface area (Å²) < 4.78 is 0. The first-order valence-corrected chi connectivity index (χ1v) is 16.3. The Morgan fingerprint density at radius 3 is 1.00 bits per heavy atom. The summed E-state index contributed by atoms with van der Waals surface area (Å²) in [6.07, 6.45) is 0. The monoisotopic (exact) mass is 618 g/mol. The Morgan fingerprint density at radius 1 is 0.417 bits per heavy atom. The van der Waals surface area contributed by atoms with Gasteiger partial charge in [-0.05, 0) is 94.0 Å². The van der Waals surface area contributed by atoms with Crippen molar-refractivity contribution in [1.82, 2.24) is 0 Å². The lowest BCUT2D eigenvalue weighted by atomic mass is 9.73. The molecular formula is C44H34N4. The third-order valence-corrected chi connectivity index (χ3v) is 10.2. The molecule has 2 aliphatic rings. The van der Waals surface area contributed by atoms with Gasteiger partial charge in [0.1, 0.15) is 0 Å². The van der Waals surface area contributed by atoms with Crippen LogP contribution in [-0.4, -0.2) is 0 Å². The number of fused-ring (bicyclic) bond motifs is 4. The SMILES string of the molecule is CC1(C)c2ccccc2N(c2cc(C#N)cc(-c3cc(C#N)cc(N4c5ccccc5C(C)(C)c5ccccc54)c3)c2)c2ccccc21. The van der Waals surface area contributed by atoms with Crippen LogP contribution in [0.15, 0.2) is 133 Å². The predicted molar refractivity (Wildman–Crippen MR) is 195 cm³/mol. The molecular weight excluding hydrogens is 585 g/mol. The molecule has 4 heteroatoms. The van der Waals surface area contributed by atoms with E-state index in [1.807, 2.05) is 24.3 Å². The number of benzene rings is 6. The number of rotatable bonds is 3. The van der Waals surface area contributed by atoms with E-state index in [1.165, 1.54) is 22.3 Å². The maximum Gasteiger partial charge on any atom is 0.0992 e. The van der Waals surface area contributed by atoms with Crippen molar-refractivity contribution in [2.24, 2.45) is 0 Å². The first kappa shape index (κ1) is 29.3. The second kappa shape index (κ2) is 10.7. The number of para-hydroxylation sites is 4. The molecule has 0 N–H and O–H groups in total. The minimum Gasteiger partial charge on any atom is -0.310 e. The molecule has 0 saturated heterocycles. The summed E-state index contributed by atoms with van der Waals surface area (Å²) in [5.74, 6) is 0. The maximum atomic E-state index is 10.3. The third kappa shape index (κ3) is 4.34. The Bertz CT molecular complexity index is 2080. The first-order valence-electron chi connectivity index (χ1n) is 16.3. The van der Waals surface area contributed by atoms with Crippen LogP contribution in [0.5, 0.6) is 0 Å². The predicted octanol–water partition coefficient (Wildman–Crippen LogP) is 11.3. The summed E-state index contributed by atoms with van der Waals surface area (Å²) in [5, 5.41) is 20.6. The highest BCUT2D eigenvalue weighted by molar-refractivity contribution is 5.90. The van der Waals surface area contributed by atoms with E-state index in [0.717, 1.165) is 45.3 Å². The molecule has 2 heterocycles. The lowest BCUT2D eigenvalue weighted by molar-refractivity contribution is 0.631. The number of nitrogens with zero attached hydrogens (tertiary/aromatic N) is 4. The molecule has 0 spiro atoms. The van der Waals surface area contributed by atoms with Crippen molar-refractivity contribution >= 4 is 34.1 Å². The van der Waals surface area contributed by atoms with Gasteiger partial charge < -0.3 is 9.80 Å². The Hall–Kier alpha value is -6.10. The van der Waals surface area contributed by atoms with Crippen molar-refractivity contribution in [3.8, 4) is 23.3 Å². The minimum atomic E-state index is -0.190. The fraction of sp³-hybridized carbons (Fsp3) is 0.136. The van der Waals surface area contributed by atoms with Gasteiger partial charge >= 0.3 is 0 Å². The van der Waals surface area contributed by atoms with Gasteiger partial charge in [0, 0.05) is 22.2 Å². The molecule has 0 saturated carbocycles. The Balaban J connectivity index is 1.34. The van der Waals surface area contributed by atoms with Crippen molar-refractivity contribution < 1.29 is 0 Å². The van der Waals surface area contributed by atoms with Crippen molar-refractivity contribution in [3.63, 3.8) is 0 Å². The molecule has 0 amide bonds. The highest BCUT2D eigenvalue weighted by Crippen LogP contribution is 2.54. The molecule has 230 valence electrons. The smallest absolute Gasteiger partial charge is 0.0992 e. The van der Waals surface area contributed by atoms with Crippen LogP contribution in [0, 0.1) is 22.7 Å². The molecule has 0 aromatic heterocycles. The number of nitriles is 2. The van der Waals surface area contributed by atoms with Gasteiger partial charge in [-0.15, -0.1) is 0 Å². The molecule has 0 bridgehead atoms. The van der Waals surface area contributed by atoms with Crippen LogP contribution >= 0.6 is 0 Å². The highest BCUT2D eigenvalue weighted by atomic mass is 15.2. The second-order valence-corrected chi connectivity index (χ2v) is 13.8. The van der Waals surface area contributed by atoms with E-state index < -0.39 is 0 Å². The third-order valence-electron chi connectivity index (χ3n) is 10.2. The molecule has 0 atom stereocenters. The fourth-order valence-corrected chi connectivity index (χ4v) is 7.84. The van der Waals surface area contributed by atoms with Crippen molar-refractivity contribution in [1.29, 1.82) is 10.5 Å². The summed E-state index contributed by atoms with van der Waals surface area (Å²) >= 11 is 0. The van der Waals surface area contributed by atoms with Crippen LogP contribution < -0.4 is 9.80 Å². The Morgan fingerprint density at radius 2 is 0.708 bits per heavy atom. The van der Waals surface area contributed by atoms with Crippen LogP contribution in [0.2, 0.25) is 0 Å². The average Bonchev–Trinajstić information content (AvgIpc) is 3.12. The van der Waals surface area contributed by atoms with Crippen LogP contribution in [0.3, 0.4) is 0 Å². The van der Waals surface area contributed by atoms with Crippen LogP contribution in [0.25, 0.3) is 11.1 Å². The number of hydrogen-bond donors (Lipinski definition) is 0. The highest BCUT2D eigenvalue weighted by Gasteiger charge is 2.38. The van der Waals surface area contributed by atoms with E-state index in [2.05, 4.69) is 159 Å². The van der Waals surface area contributed by atoms with E-state index in [1.54, 1.807) is 0 Å². The van der Waals surface area contributed by atoms with Crippen molar-refractivity contribution in [2.75, 3.05) is 9.80 Å². The van der Waals surface area contributed by atoms with Crippen LogP contribution in [0.4, 0.5) is 34.1 Å². The van der Waals surface area contributed by atoms with Gasteiger partial charge in [0.2, 0.25) is 0 Å². The maximum absolute atomic E-state index is 10.3. The minimum absolute atomic E-state index is 0.190. The van der Waals surface area contributed by atoms with Gasteiger partial charge in [0.05, 0.1) is 46.0 Å². The lowest BCUT2D eigenvalue weighted by Crippen LogP contribution is -2.30. The van der Waals surface area contributed by atoms with E-state index >= 15 is 0 Å². The molecule has 48 heavy (non-hydrogen) atoms. The molecule has 0 radical (unpaired) electrons. The second-order valence-electron chi connectivity index (χ2n) is 13.8. The molecule has 2 aliphatic heterocycles. The fourth-order valence-electron chi connectivity index (χ4n) is 7.84. The van der Waals surface area contributed by atoms with Gasteiger partial charge in [-0.2, -0.15) is 10.5 Å². The van der Waals surface area contributed by atoms with E-state index in [9.17, 15) is 10.5 Å². The summed E-state index contributed by atoms with van der Waals surface area (Å²) in [6.45, 7) is 9.08. The molecule has 0 unspecified atom stereocenters. The molecule has 0 aliphatic carbocycles. The van der Waals surface area contributed by atoms with Crippen LogP contribution in [0.1, 0.15) is 61.1 Å². The number of hydrogen-bond acceptors (Lipinski definition) is 4. The zero-order chi connectivity index (χ0) is 33.2. The lowest BCUT2D eigenvalue weighted by Gasteiger charge is -2.42. The normalized spacial score (nSPS) is 14.9.